The van der Waals surface area contributed by atoms with E-state index >= 15 is 0 Å². The molecule has 1 unspecified atom stereocenters. The SMILES string of the molecule is CCCCCCCCCCCCCCCCCCOCC(COC(=O)CCC(=O)O)OC(=O)CCC(=O)O. The van der Waals surface area contributed by atoms with Gasteiger partial charge in [-0.25, -0.2) is 0 Å². The van der Waals surface area contributed by atoms with Gasteiger partial charge < -0.3 is 24.4 Å². The maximum atomic E-state index is 11.9. The minimum Gasteiger partial charge on any atom is -0.481 e. The van der Waals surface area contributed by atoms with Gasteiger partial charge in [-0.05, 0) is 6.42 Å². The van der Waals surface area contributed by atoms with Crippen LogP contribution in [0.15, 0.2) is 0 Å². The normalized spacial score (nSPS) is 11.7. The summed E-state index contributed by atoms with van der Waals surface area (Å²) in [6.07, 6.45) is 18.4. The summed E-state index contributed by atoms with van der Waals surface area (Å²) >= 11 is 0. The number of ether oxygens (including phenoxy) is 3. The molecule has 9 heteroatoms. The van der Waals surface area contributed by atoms with Crippen LogP contribution in [0.2, 0.25) is 0 Å². The van der Waals surface area contributed by atoms with Crippen molar-refractivity contribution < 1.29 is 43.6 Å². The van der Waals surface area contributed by atoms with Crippen molar-refractivity contribution in [2.75, 3.05) is 19.8 Å². The third-order valence-electron chi connectivity index (χ3n) is 6.26. The van der Waals surface area contributed by atoms with E-state index in [1.165, 1.54) is 83.5 Å². The lowest BCUT2D eigenvalue weighted by molar-refractivity contribution is -0.164. The van der Waals surface area contributed by atoms with Crippen molar-refractivity contribution in [3.05, 3.63) is 0 Å². The summed E-state index contributed by atoms with van der Waals surface area (Å²) in [7, 11) is 0. The summed E-state index contributed by atoms with van der Waals surface area (Å²) in [6.45, 7) is 2.48. The smallest absolute Gasteiger partial charge is 0.306 e. The van der Waals surface area contributed by atoms with Crippen LogP contribution in [-0.2, 0) is 33.4 Å². The van der Waals surface area contributed by atoms with E-state index in [0.29, 0.717) is 6.61 Å². The van der Waals surface area contributed by atoms with Crippen LogP contribution < -0.4 is 0 Å². The van der Waals surface area contributed by atoms with Gasteiger partial charge in [-0.3, -0.25) is 19.2 Å². The number of esters is 2. The first-order chi connectivity index (χ1) is 18.3. The molecule has 0 heterocycles. The summed E-state index contributed by atoms with van der Waals surface area (Å²) in [6, 6.07) is 0. The number of unbranched alkanes of at least 4 members (excludes halogenated alkanes) is 15. The number of carboxylic acids is 2. The zero-order valence-electron chi connectivity index (χ0n) is 23.6. The quantitative estimate of drug-likeness (QED) is 0.0841. The highest BCUT2D eigenvalue weighted by Gasteiger charge is 2.18. The lowest BCUT2D eigenvalue weighted by Gasteiger charge is -2.18. The van der Waals surface area contributed by atoms with Crippen molar-refractivity contribution in [1.82, 2.24) is 0 Å². The molecule has 0 aromatic rings. The molecule has 0 radical (unpaired) electrons. The number of carbonyl (C=O) groups excluding carboxylic acids is 2. The molecule has 0 aliphatic rings. The minimum atomic E-state index is -1.11. The average molecular weight is 545 g/mol. The molecule has 9 nitrogen and oxygen atoms in total. The Morgan fingerprint density at radius 2 is 0.974 bits per heavy atom. The molecule has 2 N–H and O–H groups in total. The summed E-state index contributed by atoms with van der Waals surface area (Å²) < 4.78 is 15.8. The molecule has 0 aliphatic heterocycles. The van der Waals surface area contributed by atoms with Crippen LogP contribution >= 0.6 is 0 Å². The van der Waals surface area contributed by atoms with Crippen molar-refractivity contribution in [2.45, 2.75) is 141 Å². The fraction of sp³-hybridized carbons (Fsp3) is 0.862. The Hall–Kier alpha value is -2.16. The highest BCUT2D eigenvalue weighted by Crippen LogP contribution is 2.14. The van der Waals surface area contributed by atoms with Gasteiger partial charge in [0.25, 0.3) is 0 Å². The molecule has 0 aromatic heterocycles. The van der Waals surface area contributed by atoms with E-state index in [2.05, 4.69) is 6.92 Å². The number of aliphatic carboxylic acids is 2. The van der Waals surface area contributed by atoms with Gasteiger partial charge in [0.1, 0.15) is 6.61 Å². The summed E-state index contributed by atoms with van der Waals surface area (Å²) in [5.41, 5.74) is 0. The first kappa shape index (κ1) is 35.8. The second-order valence-electron chi connectivity index (χ2n) is 9.96. The summed E-state index contributed by atoms with van der Waals surface area (Å²) in [5.74, 6) is -3.65. The Kier molecular flexibility index (Phi) is 24.9. The lowest BCUT2D eigenvalue weighted by Crippen LogP contribution is -2.30. The van der Waals surface area contributed by atoms with Crippen LogP contribution in [-0.4, -0.2) is 60.0 Å². The predicted octanol–water partition coefficient (Wildman–Crippen LogP) is 6.45. The Morgan fingerprint density at radius 3 is 1.42 bits per heavy atom. The molecule has 0 bridgehead atoms. The first-order valence-electron chi connectivity index (χ1n) is 14.7. The zero-order valence-corrected chi connectivity index (χ0v) is 23.6. The van der Waals surface area contributed by atoms with Crippen molar-refractivity contribution in [3.8, 4) is 0 Å². The third kappa shape index (κ3) is 26.9. The van der Waals surface area contributed by atoms with Crippen molar-refractivity contribution in [3.63, 3.8) is 0 Å². The zero-order chi connectivity index (χ0) is 28.3. The van der Waals surface area contributed by atoms with E-state index in [4.69, 9.17) is 24.4 Å². The Labute approximate surface area is 229 Å². The number of rotatable bonds is 28. The second-order valence-corrected chi connectivity index (χ2v) is 9.96. The van der Waals surface area contributed by atoms with Gasteiger partial charge in [-0.15, -0.1) is 0 Å². The van der Waals surface area contributed by atoms with Crippen LogP contribution in [0, 0.1) is 0 Å². The van der Waals surface area contributed by atoms with E-state index in [-0.39, 0.29) is 38.9 Å². The van der Waals surface area contributed by atoms with E-state index in [1.807, 2.05) is 0 Å². The largest absolute Gasteiger partial charge is 0.481 e. The number of hydrogen-bond donors (Lipinski definition) is 2. The Bertz CT molecular complexity index is 621. The van der Waals surface area contributed by atoms with Gasteiger partial charge in [0.15, 0.2) is 6.10 Å². The number of carbonyl (C=O) groups is 4. The van der Waals surface area contributed by atoms with Crippen LogP contribution in [0.1, 0.15) is 135 Å². The fourth-order valence-corrected chi connectivity index (χ4v) is 4.00. The monoisotopic (exact) mass is 544 g/mol. The molecule has 0 aliphatic carbocycles. The Balaban J connectivity index is 3.83. The predicted molar refractivity (Wildman–Crippen MR) is 145 cm³/mol. The topological polar surface area (TPSA) is 136 Å². The number of carboxylic acid groups (broad SMARTS) is 2. The van der Waals surface area contributed by atoms with E-state index in [9.17, 15) is 19.2 Å². The molecule has 1 atom stereocenters. The molecule has 0 amide bonds. The van der Waals surface area contributed by atoms with Crippen molar-refractivity contribution >= 4 is 23.9 Å². The molecular formula is C29H52O9. The molecule has 0 rings (SSSR count). The van der Waals surface area contributed by atoms with Crippen molar-refractivity contribution in [2.24, 2.45) is 0 Å². The fourth-order valence-electron chi connectivity index (χ4n) is 4.00. The first-order valence-corrected chi connectivity index (χ1v) is 14.7. The van der Waals surface area contributed by atoms with Gasteiger partial charge in [0.2, 0.25) is 0 Å². The molecular weight excluding hydrogens is 492 g/mol. The second kappa shape index (κ2) is 26.4. The molecule has 0 aromatic carbocycles. The molecule has 222 valence electrons. The van der Waals surface area contributed by atoms with E-state index < -0.39 is 30.0 Å². The van der Waals surface area contributed by atoms with Crippen LogP contribution in [0.25, 0.3) is 0 Å². The highest BCUT2D eigenvalue weighted by molar-refractivity contribution is 5.77. The standard InChI is InChI=1S/C29H52O9/c1-2-3-4-5-6-7-8-9-10-11-12-13-14-15-16-17-22-36-23-25(38-29(35)21-19-27(32)33)24-37-28(34)20-18-26(30)31/h25H,2-24H2,1H3,(H,30,31)(H,32,33). The molecule has 0 saturated heterocycles. The van der Waals surface area contributed by atoms with Gasteiger partial charge in [0.05, 0.1) is 32.3 Å². The van der Waals surface area contributed by atoms with Gasteiger partial charge in [-0.1, -0.05) is 103 Å². The van der Waals surface area contributed by atoms with Crippen LogP contribution in [0.5, 0.6) is 0 Å². The van der Waals surface area contributed by atoms with Gasteiger partial charge in [-0.2, -0.15) is 0 Å². The third-order valence-corrected chi connectivity index (χ3v) is 6.26. The maximum Gasteiger partial charge on any atom is 0.306 e. The van der Waals surface area contributed by atoms with Gasteiger partial charge in [0, 0.05) is 6.61 Å². The summed E-state index contributed by atoms with van der Waals surface area (Å²) in [4.78, 5) is 44.7. The maximum absolute atomic E-state index is 11.9. The molecule has 0 fully saturated rings. The molecule has 0 saturated carbocycles. The number of hydrogen-bond acceptors (Lipinski definition) is 7. The van der Waals surface area contributed by atoms with E-state index in [1.54, 1.807) is 0 Å². The Morgan fingerprint density at radius 1 is 0.553 bits per heavy atom. The van der Waals surface area contributed by atoms with Crippen LogP contribution in [0.4, 0.5) is 0 Å². The molecule has 38 heavy (non-hydrogen) atoms. The summed E-state index contributed by atoms with van der Waals surface area (Å²) in [5, 5.41) is 17.3. The average Bonchev–Trinajstić information content (AvgIpc) is 2.88. The van der Waals surface area contributed by atoms with Crippen LogP contribution in [0.3, 0.4) is 0 Å². The minimum absolute atomic E-state index is 0.0176. The highest BCUT2D eigenvalue weighted by atomic mass is 16.6. The van der Waals surface area contributed by atoms with Gasteiger partial charge >= 0.3 is 23.9 Å². The molecule has 0 spiro atoms. The lowest BCUT2D eigenvalue weighted by atomic mass is 10.0. The van der Waals surface area contributed by atoms with E-state index in [0.717, 1.165) is 19.3 Å². The van der Waals surface area contributed by atoms with Crippen molar-refractivity contribution in [1.29, 1.82) is 0 Å².